The molecule has 5 nitrogen and oxygen atoms in total. The summed E-state index contributed by atoms with van der Waals surface area (Å²) in [6.45, 7) is 2.52. The number of methoxy groups -OCH3 is 1. The van der Waals surface area contributed by atoms with E-state index >= 15 is 0 Å². The summed E-state index contributed by atoms with van der Waals surface area (Å²) >= 11 is 0. The molecule has 0 unspecified atom stereocenters. The second-order valence-electron chi connectivity index (χ2n) is 6.45. The van der Waals surface area contributed by atoms with Gasteiger partial charge in [0.25, 0.3) is 0 Å². The van der Waals surface area contributed by atoms with Crippen LogP contribution < -0.4 is 15.2 Å². The van der Waals surface area contributed by atoms with Gasteiger partial charge in [-0.15, -0.1) is 0 Å². The fraction of sp³-hybridized carbons (Fsp3) is 0.136. The van der Waals surface area contributed by atoms with Gasteiger partial charge >= 0.3 is 5.69 Å². The Hall–Kier alpha value is -3.47. The molecule has 1 aromatic heterocycles. The molecule has 0 aliphatic rings. The molecule has 0 saturated carbocycles. The van der Waals surface area contributed by atoms with E-state index in [0.717, 1.165) is 33.5 Å². The molecule has 0 atom stereocenters. The molecule has 0 saturated heterocycles. The van der Waals surface area contributed by atoms with E-state index in [1.165, 1.54) is 5.56 Å². The molecule has 3 aromatic carbocycles. The lowest BCUT2D eigenvalue weighted by atomic mass is 10.0. The number of nitrogens with one attached hydrogen (secondary N) is 2. The van der Waals surface area contributed by atoms with E-state index in [0.29, 0.717) is 12.4 Å². The highest BCUT2D eigenvalue weighted by atomic mass is 16.5. The molecular weight excluding hydrogens is 340 g/mol. The van der Waals surface area contributed by atoms with Crippen molar-refractivity contribution in [2.75, 3.05) is 7.11 Å². The van der Waals surface area contributed by atoms with Crippen LogP contribution in [0, 0.1) is 6.92 Å². The first-order valence-electron chi connectivity index (χ1n) is 8.72. The zero-order valence-corrected chi connectivity index (χ0v) is 15.2. The Morgan fingerprint density at radius 1 is 0.889 bits per heavy atom. The van der Waals surface area contributed by atoms with Gasteiger partial charge in [0.1, 0.15) is 18.1 Å². The summed E-state index contributed by atoms with van der Waals surface area (Å²) in [5, 5.41) is 0. The van der Waals surface area contributed by atoms with Crippen molar-refractivity contribution in [3.05, 3.63) is 82.3 Å². The molecule has 1 heterocycles. The molecular formula is C22H20N2O3. The van der Waals surface area contributed by atoms with Gasteiger partial charge in [-0.3, -0.25) is 0 Å². The number of aromatic nitrogens is 2. The molecule has 0 amide bonds. The van der Waals surface area contributed by atoms with Gasteiger partial charge in [-0.05, 0) is 42.3 Å². The Morgan fingerprint density at radius 2 is 1.63 bits per heavy atom. The summed E-state index contributed by atoms with van der Waals surface area (Å²) in [7, 11) is 1.64. The zero-order chi connectivity index (χ0) is 18.8. The minimum Gasteiger partial charge on any atom is -0.496 e. The lowest BCUT2D eigenvalue weighted by molar-refractivity contribution is 0.305. The van der Waals surface area contributed by atoms with Crippen molar-refractivity contribution >= 4 is 11.0 Å². The summed E-state index contributed by atoms with van der Waals surface area (Å²) in [5.41, 5.74) is 5.37. The average molecular weight is 360 g/mol. The Kier molecular flexibility index (Phi) is 4.42. The summed E-state index contributed by atoms with van der Waals surface area (Å²) in [5.74, 6) is 1.45. The van der Waals surface area contributed by atoms with E-state index in [1.54, 1.807) is 7.11 Å². The molecule has 136 valence electrons. The lowest BCUT2D eigenvalue weighted by Gasteiger charge is -2.15. The topological polar surface area (TPSA) is 67.1 Å². The third-order valence-corrected chi connectivity index (χ3v) is 4.53. The maximum absolute atomic E-state index is 11.5. The van der Waals surface area contributed by atoms with Crippen molar-refractivity contribution in [1.29, 1.82) is 0 Å². The van der Waals surface area contributed by atoms with Crippen molar-refractivity contribution in [3.8, 4) is 22.6 Å². The van der Waals surface area contributed by atoms with E-state index in [9.17, 15) is 4.79 Å². The molecule has 4 rings (SSSR count). The van der Waals surface area contributed by atoms with Crippen LogP contribution in [-0.4, -0.2) is 17.1 Å². The van der Waals surface area contributed by atoms with Gasteiger partial charge in [-0.25, -0.2) is 4.79 Å². The van der Waals surface area contributed by atoms with Crippen LogP contribution in [0.1, 0.15) is 11.1 Å². The molecule has 0 fully saturated rings. The molecule has 0 aliphatic carbocycles. The fourth-order valence-electron chi connectivity index (χ4n) is 3.12. The minimum absolute atomic E-state index is 0.224. The maximum atomic E-state index is 11.5. The average Bonchev–Trinajstić information content (AvgIpc) is 3.06. The van der Waals surface area contributed by atoms with Crippen molar-refractivity contribution in [3.63, 3.8) is 0 Å². The van der Waals surface area contributed by atoms with Crippen LogP contribution in [0.2, 0.25) is 0 Å². The molecule has 0 aliphatic heterocycles. The van der Waals surface area contributed by atoms with E-state index in [4.69, 9.17) is 9.47 Å². The van der Waals surface area contributed by atoms with E-state index in [-0.39, 0.29) is 5.69 Å². The summed E-state index contributed by atoms with van der Waals surface area (Å²) in [6.07, 6.45) is 0. The van der Waals surface area contributed by atoms with Crippen LogP contribution in [0.5, 0.6) is 11.5 Å². The van der Waals surface area contributed by atoms with Gasteiger partial charge in [0.2, 0.25) is 0 Å². The predicted octanol–water partition coefficient (Wildman–Crippen LogP) is 4.42. The smallest absolute Gasteiger partial charge is 0.323 e. The zero-order valence-electron chi connectivity index (χ0n) is 15.2. The summed E-state index contributed by atoms with van der Waals surface area (Å²) < 4.78 is 11.7. The van der Waals surface area contributed by atoms with Gasteiger partial charge in [0.05, 0.1) is 23.7 Å². The number of aromatic amines is 2. The summed E-state index contributed by atoms with van der Waals surface area (Å²) in [4.78, 5) is 17.1. The quantitative estimate of drug-likeness (QED) is 0.554. The van der Waals surface area contributed by atoms with Crippen LogP contribution in [0.3, 0.4) is 0 Å². The van der Waals surface area contributed by atoms with Gasteiger partial charge in [-0.1, -0.05) is 42.0 Å². The number of rotatable bonds is 5. The number of fused-ring (bicyclic) bond motifs is 1. The number of hydrogen-bond acceptors (Lipinski definition) is 3. The Morgan fingerprint density at radius 3 is 2.41 bits per heavy atom. The molecule has 5 heteroatoms. The van der Waals surface area contributed by atoms with Crippen LogP contribution in [0.15, 0.2) is 65.5 Å². The highest BCUT2D eigenvalue weighted by Crippen LogP contribution is 2.39. The van der Waals surface area contributed by atoms with Gasteiger partial charge in [0.15, 0.2) is 0 Å². The second kappa shape index (κ2) is 7.03. The highest BCUT2D eigenvalue weighted by molar-refractivity contribution is 5.85. The Balaban J connectivity index is 1.73. The lowest BCUT2D eigenvalue weighted by Crippen LogP contribution is -1.99. The fourth-order valence-corrected chi connectivity index (χ4v) is 3.12. The molecule has 27 heavy (non-hydrogen) atoms. The number of H-pyrrole nitrogens is 2. The first-order valence-corrected chi connectivity index (χ1v) is 8.72. The predicted molar refractivity (Wildman–Crippen MR) is 106 cm³/mol. The van der Waals surface area contributed by atoms with E-state index in [1.807, 2.05) is 36.4 Å². The molecule has 0 spiro atoms. The SMILES string of the molecule is COc1cccc(OCc2ccc(C)cc2)c1-c1ccc2[nH]c(=O)[nH]c2c1. The number of ether oxygens (including phenoxy) is 2. The Labute approximate surface area is 156 Å². The van der Waals surface area contributed by atoms with Crippen LogP contribution in [-0.2, 0) is 6.61 Å². The second-order valence-corrected chi connectivity index (χ2v) is 6.45. The number of hydrogen-bond donors (Lipinski definition) is 2. The molecule has 0 radical (unpaired) electrons. The van der Waals surface area contributed by atoms with Crippen LogP contribution in [0.4, 0.5) is 0 Å². The van der Waals surface area contributed by atoms with E-state index in [2.05, 4.69) is 41.2 Å². The standard InChI is InChI=1S/C22H20N2O3/c1-14-6-8-15(9-7-14)13-27-20-5-3-4-19(26-2)21(20)16-10-11-17-18(12-16)24-22(25)23-17/h3-12H,13H2,1-2H3,(H2,23,24,25). The van der Waals surface area contributed by atoms with Crippen molar-refractivity contribution in [1.82, 2.24) is 9.97 Å². The summed E-state index contributed by atoms with van der Waals surface area (Å²) in [6, 6.07) is 19.7. The highest BCUT2D eigenvalue weighted by Gasteiger charge is 2.14. The first kappa shape index (κ1) is 17.0. The third-order valence-electron chi connectivity index (χ3n) is 4.53. The van der Waals surface area contributed by atoms with Crippen LogP contribution in [0.25, 0.3) is 22.2 Å². The minimum atomic E-state index is -0.224. The molecule has 2 N–H and O–H groups in total. The van der Waals surface area contributed by atoms with Crippen molar-refractivity contribution in [2.24, 2.45) is 0 Å². The largest absolute Gasteiger partial charge is 0.496 e. The van der Waals surface area contributed by atoms with E-state index < -0.39 is 0 Å². The van der Waals surface area contributed by atoms with Crippen molar-refractivity contribution < 1.29 is 9.47 Å². The maximum Gasteiger partial charge on any atom is 0.323 e. The van der Waals surface area contributed by atoms with Crippen LogP contribution >= 0.6 is 0 Å². The number of benzene rings is 3. The monoisotopic (exact) mass is 360 g/mol. The molecule has 0 bridgehead atoms. The third kappa shape index (κ3) is 3.44. The number of aryl methyl sites for hydroxylation is 1. The molecule has 4 aromatic rings. The van der Waals surface area contributed by atoms with Gasteiger partial charge < -0.3 is 19.4 Å². The first-order chi connectivity index (χ1) is 13.1. The Bertz CT molecular complexity index is 1140. The van der Waals surface area contributed by atoms with Gasteiger partial charge in [0, 0.05) is 0 Å². The van der Waals surface area contributed by atoms with Crippen molar-refractivity contribution in [2.45, 2.75) is 13.5 Å². The number of imidazole rings is 1. The van der Waals surface area contributed by atoms with Gasteiger partial charge in [-0.2, -0.15) is 0 Å². The normalized spacial score (nSPS) is 10.9.